The lowest BCUT2D eigenvalue weighted by Gasteiger charge is -2.42. The minimum absolute atomic E-state index is 0.356. The van der Waals surface area contributed by atoms with Crippen LogP contribution >= 0.6 is 0 Å². The molecule has 1 saturated heterocycles. The fourth-order valence-corrected chi connectivity index (χ4v) is 4.05. The Morgan fingerprint density at radius 3 is 2.83 bits per heavy atom. The summed E-state index contributed by atoms with van der Waals surface area (Å²) in [6.45, 7) is 6.91. The van der Waals surface area contributed by atoms with Crippen molar-refractivity contribution in [1.82, 2.24) is 10.6 Å². The van der Waals surface area contributed by atoms with Crippen molar-refractivity contribution in [3.8, 4) is 5.75 Å². The summed E-state index contributed by atoms with van der Waals surface area (Å²) in [5, 5.41) is 6.98. The van der Waals surface area contributed by atoms with E-state index in [4.69, 9.17) is 14.2 Å². The molecule has 6 heteroatoms. The van der Waals surface area contributed by atoms with E-state index >= 15 is 0 Å². The van der Waals surface area contributed by atoms with E-state index in [1.165, 1.54) is 24.8 Å². The maximum absolute atomic E-state index is 6.16. The van der Waals surface area contributed by atoms with Gasteiger partial charge in [-0.05, 0) is 49.7 Å². The molecule has 0 amide bonds. The highest BCUT2D eigenvalue weighted by molar-refractivity contribution is 5.79. The fraction of sp³-hybridized carbons (Fsp3) is 0.696. The van der Waals surface area contributed by atoms with Gasteiger partial charge in [-0.25, -0.2) is 0 Å². The van der Waals surface area contributed by atoms with Gasteiger partial charge in [-0.3, -0.25) is 4.99 Å². The molecule has 0 aromatic heterocycles. The molecule has 0 radical (unpaired) electrons. The number of aryl methyl sites for hydroxylation is 1. The van der Waals surface area contributed by atoms with Crippen molar-refractivity contribution in [2.45, 2.75) is 45.6 Å². The van der Waals surface area contributed by atoms with Crippen molar-refractivity contribution in [3.63, 3.8) is 0 Å². The van der Waals surface area contributed by atoms with Crippen LogP contribution in [-0.4, -0.2) is 53.1 Å². The molecule has 162 valence electrons. The number of hydrogen-bond acceptors (Lipinski definition) is 4. The summed E-state index contributed by atoms with van der Waals surface area (Å²) < 4.78 is 16.9. The zero-order chi connectivity index (χ0) is 20.5. The summed E-state index contributed by atoms with van der Waals surface area (Å²) in [7, 11) is 3.60. The van der Waals surface area contributed by atoms with Crippen molar-refractivity contribution in [2.75, 3.05) is 47.1 Å². The summed E-state index contributed by atoms with van der Waals surface area (Å²) in [5.41, 5.74) is 2.71. The highest BCUT2D eigenvalue weighted by Crippen LogP contribution is 2.43. The molecule has 0 spiro atoms. The van der Waals surface area contributed by atoms with E-state index in [0.717, 1.165) is 56.5 Å². The van der Waals surface area contributed by atoms with Gasteiger partial charge in [0.05, 0.1) is 13.2 Å². The molecular weight excluding hydrogens is 366 g/mol. The zero-order valence-electron chi connectivity index (χ0n) is 18.3. The van der Waals surface area contributed by atoms with Crippen molar-refractivity contribution in [3.05, 3.63) is 29.3 Å². The molecule has 2 aliphatic rings. The molecule has 1 aromatic carbocycles. The van der Waals surface area contributed by atoms with E-state index in [-0.39, 0.29) is 0 Å². The van der Waals surface area contributed by atoms with Crippen LogP contribution in [0.1, 0.15) is 43.2 Å². The third kappa shape index (κ3) is 6.34. The molecule has 1 unspecified atom stereocenters. The predicted molar refractivity (Wildman–Crippen MR) is 117 cm³/mol. The van der Waals surface area contributed by atoms with Crippen LogP contribution in [0.5, 0.6) is 5.75 Å². The smallest absolute Gasteiger partial charge is 0.191 e. The topological polar surface area (TPSA) is 64.1 Å². The number of rotatable bonds is 10. The molecule has 1 atom stereocenters. The first kappa shape index (κ1) is 21.9. The van der Waals surface area contributed by atoms with E-state index in [0.29, 0.717) is 24.5 Å². The first-order valence-corrected chi connectivity index (χ1v) is 10.9. The normalized spacial score (nSPS) is 20.9. The van der Waals surface area contributed by atoms with Crippen LogP contribution in [-0.2, 0) is 16.0 Å². The molecule has 2 N–H and O–H groups in total. The number of aliphatic imine (C=N–C) groups is 1. The molecule has 3 rings (SSSR count). The quantitative estimate of drug-likeness (QED) is 0.464. The van der Waals surface area contributed by atoms with Gasteiger partial charge in [0, 0.05) is 51.9 Å². The van der Waals surface area contributed by atoms with Crippen LogP contribution in [0.2, 0.25) is 0 Å². The van der Waals surface area contributed by atoms with Gasteiger partial charge in [0.25, 0.3) is 0 Å². The van der Waals surface area contributed by atoms with Crippen LogP contribution in [0.25, 0.3) is 0 Å². The van der Waals surface area contributed by atoms with E-state index in [9.17, 15) is 0 Å². The molecule has 2 fully saturated rings. The van der Waals surface area contributed by atoms with E-state index < -0.39 is 0 Å². The van der Waals surface area contributed by atoms with Crippen molar-refractivity contribution in [1.29, 1.82) is 0 Å². The number of guanidine groups is 1. The highest BCUT2D eigenvalue weighted by atomic mass is 16.5. The van der Waals surface area contributed by atoms with Gasteiger partial charge in [-0.1, -0.05) is 18.6 Å². The maximum Gasteiger partial charge on any atom is 0.191 e. The van der Waals surface area contributed by atoms with E-state index in [1.54, 1.807) is 7.11 Å². The molecular formula is C23H37N3O3. The second-order valence-electron chi connectivity index (χ2n) is 8.53. The van der Waals surface area contributed by atoms with E-state index in [2.05, 4.69) is 40.7 Å². The van der Waals surface area contributed by atoms with Gasteiger partial charge >= 0.3 is 0 Å². The zero-order valence-corrected chi connectivity index (χ0v) is 18.3. The minimum Gasteiger partial charge on any atom is -0.493 e. The van der Waals surface area contributed by atoms with Crippen LogP contribution in [0.3, 0.4) is 0 Å². The fourth-order valence-electron chi connectivity index (χ4n) is 4.05. The van der Waals surface area contributed by atoms with Crippen molar-refractivity contribution in [2.24, 2.45) is 16.3 Å². The van der Waals surface area contributed by atoms with Gasteiger partial charge in [-0.15, -0.1) is 0 Å². The average molecular weight is 404 g/mol. The Bertz CT molecular complexity index is 667. The van der Waals surface area contributed by atoms with Crippen LogP contribution in [0, 0.1) is 18.3 Å². The Labute approximate surface area is 175 Å². The number of methoxy groups -OCH3 is 1. The van der Waals surface area contributed by atoms with Crippen LogP contribution in [0.15, 0.2) is 23.2 Å². The number of benzene rings is 1. The second kappa shape index (κ2) is 10.8. The van der Waals surface area contributed by atoms with Crippen molar-refractivity contribution >= 4 is 5.96 Å². The predicted octanol–water partition coefficient (Wildman–Crippen LogP) is 3.28. The monoisotopic (exact) mass is 403 g/mol. The summed E-state index contributed by atoms with van der Waals surface area (Å²) in [4.78, 5) is 4.41. The Balaban J connectivity index is 1.52. The summed E-state index contributed by atoms with van der Waals surface area (Å²) in [6, 6.07) is 6.39. The Hall–Kier alpha value is -1.79. The van der Waals surface area contributed by atoms with Crippen LogP contribution in [0.4, 0.5) is 0 Å². The lowest BCUT2D eigenvalue weighted by atomic mass is 9.67. The van der Waals surface area contributed by atoms with E-state index in [1.807, 2.05) is 7.05 Å². The molecule has 29 heavy (non-hydrogen) atoms. The molecule has 1 saturated carbocycles. The van der Waals surface area contributed by atoms with Gasteiger partial charge < -0.3 is 24.8 Å². The standard InChI is InChI=1S/C23H37N3O3/c1-18-5-6-20(21(13-18)29-16-19-7-11-28-15-19)14-25-22(24-2)26-17-23(8-4-9-23)10-12-27-3/h5-6,13,19H,4,7-12,14-17H2,1-3H3,(H2,24,25,26). The molecule has 1 heterocycles. The molecule has 1 aliphatic heterocycles. The first-order chi connectivity index (χ1) is 14.1. The molecule has 1 aromatic rings. The van der Waals surface area contributed by atoms with Gasteiger partial charge in [0.15, 0.2) is 5.96 Å². The third-order valence-corrected chi connectivity index (χ3v) is 6.27. The third-order valence-electron chi connectivity index (χ3n) is 6.27. The first-order valence-electron chi connectivity index (χ1n) is 10.9. The largest absolute Gasteiger partial charge is 0.493 e. The van der Waals surface area contributed by atoms with Gasteiger partial charge in [-0.2, -0.15) is 0 Å². The van der Waals surface area contributed by atoms with Crippen LogP contribution < -0.4 is 15.4 Å². The van der Waals surface area contributed by atoms with Gasteiger partial charge in [0.2, 0.25) is 0 Å². The number of hydrogen-bond donors (Lipinski definition) is 2. The number of nitrogens with zero attached hydrogens (tertiary/aromatic N) is 1. The Morgan fingerprint density at radius 2 is 2.17 bits per heavy atom. The number of nitrogens with one attached hydrogen (secondary N) is 2. The Morgan fingerprint density at radius 1 is 1.31 bits per heavy atom. The molecule has 6 nitrogen and oxygen atoms in total. The summed E-state index contributed by atoms with van der Waals surface area (Å²) in [5.74, 6) is 2.29. The Kier molecular flexibility index (Phi) is 8.19. The summed E-state index contributed by atoms with van der Waals surface area (Å²) >= 11 is 0. The lowest BCUT2D eigenvalue weighted by Crippen LogP contribution is -2.46. The second-order valence-corrected chi connectivity index (χ2v) is 8.53. The maximum atomic E-state index is 6.16. The summed E-state index contributed by atoms with van der Waals surface area (Å²) in [6.07, 6.45) is 6.03. The highest BCUT2D eigenvalue weighted by Gasteiger charge is 2.36. The van der Waals surface area contributed by atoms with Crippen molar-refractivity contribution < 1.29 is 14.2 Å². The average Bonchev–Trinajstić information content (AvgIpc) is 3.22. The SMILES string of the molecule is CN=C(NCc1ccc(C)cc1OCC1CCOC1)NCC1(CCOC)CCC1. The van der Waals surface area contributed by atoms with Gasteiger partial charge in [0.1, 0.15) is 5.75 Å². The number of ether oxygens (including phenoxy) is 3. The lowest BCUT2D eigenvalue weighted by molar-refractivity contribution is 0.0732. The minimum atomic E-state index is 0.356. The molecule has 1 aliphatic carbocycles. The molecule has 0 bridgehead atoms.